The molecule has 8 heteroatoms. The Kier molecular flexibility index (Phi) is 45.3. The van der Waals surface area contributed by atoms with Crippen LogP contribution in [0.5, 0.6) is 0 Å². The number of ether oxygens (including phenoxy) is 3. The monoisotopic (exact) mass is 913 g/mol. The molecule has 0 rings (SSSR count). The highest BCUT2D eigenvalue weighted by Crippen LogP contribution is 2.16. The Labute approximate surface area is 400 Å². The second-order valence-electron chi connectivity index (χ2n) is 19.1. The van der Waals surface area contributed by atoms with E-state index in [9.17, 15) is 19.5 Å². The highest BCUT2D eigenvalue weighted by Gasteiger charge is 2.31. The average molecular weight is 913 g/mol. The van der Waals surface area contributed by atoms with Gasteiger partial charge in [0.1, 0.15) is 6.61 Å². The van der Waals surface area contributed by atoms with Crippen LogP contribution in [0.2, 0.25) is 0 Å². The molecule has 0 aliphatic heterocycles. The highest BCUT2D eigenvalue weighted by molar-refractivity contribution is 5.72. The van der Waals surface area contributed by atoms with Gasteiger partial charge in [0.2, 0.25) is 0 Å². The van der Waals surface area contributed by atoms with Crippen LogP contribution in [-0.4, -0.2) is 80.6 Å². The van der Waals surface area contributed by atoms with Gasteiger partial charge in [0, 0.05) is 19.3 Å². The number of carbonyl (C=O) groups excluding carboxylic acids is 2. The lowest BCUT2D eigenvalue weighted by Crippen LogP contribution is -2.50. The van der Waals surface area contributed by atoms with E-state index in [1.165, 1.54) is 122 Å². The number of esters is 2. The Bertz CT molecular complexity index is 1250. The molecule has 0 aliphatic rings. The predicted molar refractivity (Wildman–Crippen MR) is 275 cm³/mol. The third-order valence-corrected chi connectivity index (χ3v) is 11.9. The molecule has 0 aromatic heterocycles. The van der Waals surface area contributed by atoms with Gasteiger partial charge in [0.25, 0.3) is 0 Å². The van der Waals surface area contributed by atoms with Crippen LogP contribution in [-0.2, 0) is 28.6 Å². The lowest BCUT2D eigenvalue weighted by atomic mass is 10.0. The fourth-order valence-electron chi connectivity index (χ4n) is 7.83. The van der Waals surface area contributed by atoms with Gasteiger partial charge in [-0.2, -0.15) is 0 Å². The number of unbranched alkanes of at least 4 members (excludes halogenated alkanes) is 24. The third kappa shape index (κ3) is 46.0. The number of carbonyl (C=O) groups is 3. The van der Waals surface area contributed by atoms with Crippen LogP contribution in [0.3, 0.4) is 0 Å². The zero-order chi connectivity index (χ0) is 47.7. The van der Waals surface area contributed by atoms with Crippen LogP contribution in [0, 0.1) is 0 Å². The van der Waals surface area contributed by atoms with Crippen molar-refractivity contribution in [3.63, 3.8) is 0 Å². The van der Waals surface area contributed by atoms with E-state index in [2.05, 4.69) is 74.6 Å². The molecule has 0 aromatic rings. The number of aliphatic carboxylic acids is 1. The molecule has 2 unspecified atom stereocenters. The summed E-state index contributed by atoms with van der Waals surface area (Å²) in [5.41, 5.74) is 0. The number of rotatable bonds is 48. The van der Waals surface area contributed by atoms with Gasteiger partial charge >= 0.3 is 17.9 Å². The molecule has 0 bridgehead atoms. The number of likely N-dealkylation sites (N-methyl/N-ethyl adjacent to an activating group) is 1. The molecule has 0 amide bonds. The van der Waals surface area contributed by atoms with Crippen LogP contribution in [0.15, 0.2) is 60.8 Å². The Morgan fingerprint density at radius 1 is 0.477 bits per heavy atom. The molecular formula is C57H102NO7+. The minimum absolute atomic E-state index is 0.0476. The molecule has 0 saturated carbocycles. The summed E-state index contributed by atoms with van der Waals surface area (Å²) in [6.07, 6.45) is 59.9. The number of nitrogens with zero attached hydrogens (tertiary/aromatic N) is 1. The lowest BCUT2D eigenvalue weighted by Gasteiger charge is -2.31. The van der Waals surface area contributed by atoms with Gasteiger partial charge < -0.3 is 23.8 Å². The van der Waals surface area contributed by atoms with E-state index in [4.69, 9.17) is 14.2 Å². The second kappa shape index (κ2) is 47.5. The number of hydrogen-bond acceptors (Lipinski definition) is 6. The SMILES string of the molecule is CC/C=C/C/C=C/C/C=C/C/C=C/C/C=C/CCCCCC(=O)OC(COCCC(C(=O)O)[N+](C)(C)C)COC(=O)CCCCCCCCCCCCCCCCCCCCCCCC. The van der Waals surface area contributed by atoms with Gasteiger partial charge in [-0.05, 0) is 57.8 Å². The Balaban J connectivity index is 4.24. The first kappa shape index (κ1) is 62.0. The quantitative estimate of drug-likeness (QED) is 0.0281. The summed E-state index contributed by atoms with van der Waals surface area (Å²) < 4.78 is 17.3. The zero-order valence-corrected chi connectivity index (χ0v) is 42.9. The van der Waals surface area contributed by atoms with Gasteiger partial charge in [-0.15, -0.1) is 0 Å². The summed E-state index contributed by atoms with van der Waals surface area (Å²) in [4.78, 5) is 37.2. The van der Waals surface area contributed by atoms with Gasteiger partial charge in [-0.1, -0.05) is 216 Å². The zero-order valence-electron chi connectivity index (χ0n) is 42.9. The van der Waals surface area contributed by atoms with Crippen molar-refractivity contribution >= 4 is 17.9 Å². The minimum atomic E-state index is -0.880. The summed E-state index contributed by atoms with van der Waals surface area (Å²) in [6, 6.07) is -0.623. The predicted octanol–water partition coefficient (Wildman–Crippen LogP) is 15.7. The smallest absolute Gasteiger partial charge is 0.362 e. The van der Waals surface area contributed by atoms with E-state index < -0.39 is 18.1 Å². The maximum atomic E-state index is 12.8. The molecule has 0 aromatic carbocycles. The van der Waals surface area contributed by atoms with Crippen molar-refractivity contribution in [2.75, 3.05) is 41.0 Å². The molecule has 0 fully saturated rings. The molecule has 0 radical (unpaired) electrons. The van der Waals surface area contributed by atoms with Crippen LogP contribution >= 0.6 is 0 Å². The summed E-state index contributed by atoms with van der Waals surface area (Å²) in [5.74, 6) is -1.50. The number of quaternary nitrogens is 1. The van der Waals surface area contributed by atoms with Crippen molar-refractivity contribution in [2.45, 2.75) is 244 Å². The first-order chi connectivity index (χ1) is 31.6. The van der Waals surface area contributed by atoms with E-state index in [-0.39, 0.29) is 42.7 Å². The number of allylic oxidation sites excluding steroid dienone is 10. The van der Waals surface area contributed by atoms with E-state index in [0.29, 0.717) is 12.8 Å². The molecule has 0 spiro atoms. The fourth-order valence-corrected chi connectivity index (χ4v) is 7.83. The number of carboxylic acid groups (broad SMARTS) is 1. The van der Waals surface area contributed by atoms with Crippen LogP contribution in [0.1, 0.15) is 232 Å². The Hall–Kier alpha value is -2.97. The highest BCUT2D eigenvalue weighted by atomic mass is 16.6. The van der Waals surface area contributed by atoms with E-state index >= 15 is 0 Å². The molecule has 1 N–H and O–H groups in total. The standard InChI is InChI=1S/C57H101NO7/c1-6-8-10-12-14-16-18-20-22-24-26-27-28-30-31-33-35-37-39-41-43-45-47-55(59)64-52-53(51-63-50-49-54(57(61)62)58(3,4)5)65-56(60)48-46-44-42-40-38-36-34-32-29-25-23-21-19-17-15-13-11-9-7-2/h9,11,15,17,21,23,29,32,36,38,53-54H,6-8,10,12-14,16,18-20,22,24-28,30-31,33-35,37,39-52H2,1-5H3/p+1/b11-9+,17-15+,23-21+,32-29+,38-36+. The fraction of sp³-hybridized carbons (Fsp3) is 0.772. The molecular weight excluding hydrogens is 811 g/mol. The van der Waals surface area contributed by atoms with Gasteiger partial charge in [-0.25, -0.2) is 4.79 Å². The van der Waals surface area contributed by atoms with E-state index in [1.807, 2.05) is 21.1 Å². The van der Waals surface area contributed by atoms with Crippen LogP contribution in [0.25, 0.3) is 0 Å². The van der Waals surface area contributed by atoms with Gasteiger partial charge in [-0.3, -0.25) is 9.59 Å². The van der Waals surface area contributed by atoms with Gasteiger partial charge in [0.05, 0.1) is 34.4 Å². The maximum Gasteiger partial charge on any atom is 0.362 e. The Morgan fingerprint density at radius 2 is 0.862 bits per heavy atom. The number of carboxylic acids is 1. The maximum absolute atomic E-state index is 12.8. The summed E-state index contributed by atoms with van der Waals surface area (Å²) in [6.45, 7) is 4.62. The van der Waals surface area contributed by atoms with Crippen molar-refractivity contribution in [2.24, 2.45) is 0 Å². The molecule has 2 atom stereocenters. The summed E-state index contributed by atoms with van der Waals surface area (Å²) >= 11 is 0. The van der Waals surface area contributed by atoms with Crippen molar-refractivity contribution in [3.05, 3.63) is 60.8 Å². The molecule has 65 heavy (non-hydrogen) atoms. The van der Waals surface area contributed by atoms with Crippen LogP contribution < -0.4 is 0 Å². The minimum Gasteiger partial charge on any atom is -0.477 e. The van der Waals surface area contributed by atoms with Crippen molar-refractivity contribution < 1.29 is 38.2 Å². The van der Waals surface area contributed by atoms with E-state index in [0.717, 1.165) is 77.0 Å². The molecule has 0 heterocycles. The van der Waals surface area contributed by atoms with Crippen molar-refractivity contribution in [1.82, 2.24) is 0 Å². The second-order valence-corrected chi connectivity index (χ2v) is 19.1. The Morgan fingerprint density at radius 3 is 1.28 bits per heavy atom. The lowest BCUT2D eigenvalue weighted by molar-refractivity contribution is -0.887. The average Bonchev–Trinajstić information content (AvgIpc) is 3.27. The summed E-state index contributed by atoms with van der Waals surface area (Å²) in [5, 5.41) is 9.66. The normalized spacial score (nSPS) is 13.3. The largest absolute Gasteiger partial charge is 0.477 e. The van der Waals surface area contributed by atoms with Crippen molar-refractivity contribution in [1.29, 1.82) is 0 Å². The van der Waals surface area contributed by atoms with Crippen LogP contribution in [0.4, 0.5) is 0 Å². The third-order valence-electron chi connectivity index (χ3n) is 11.9. The van der Waals surface area contributed by atoms with Gasteiger partial charge in [0.15, 0.2) is 12.1 Å². The molecule has 8 nitrogen and oxygen atoms in total. The molecule has 0 saturated heterocycles. The summed E-state index contributed by atoms with van der Waals surface area (Å²) in [7, 11) is 5.53. The first-order valence-corrected chi connectivity index (χ1v) is 26.8. The molecule has 0 aliphatic carbocycles. The van der Waals surface area contributed by atoms with E-state index in [1.54, 1.807) is 0 Å². The topological polar surface area (TPSA) is 99.1 Å². The number of hydrogen-bond donors (Lipinski definition) is 1. The first-order valence-electron chi connectivity index (χ1n) is 26.8. The molecule has 376 valence electrons. The van der Waals surface area contributed by atoms with Crippen molar-refractivity contribution in [3.8, 4) is 0 Å².